The van der Waals surface area contributed by atoms with Crippen LogP contribution in [0.2, 0.25) is 0 Å². The van der Waals surface area contributed by atoms with Crippen molar-refractivity contribution in [3.05, 3.63) is 107 Å². The van der Waals surface area contributed by atoms with Crippen molar-refractivity contribution in [1.82, 2.24) is 15.2 Å². The van der Waals surface area contributed by atoms with Crippen LogP contribution in [-0.4, -0.2) is 44.9 Å². The number of carboxylic acid groups (broad SMARTS) is 1. The molecule has 0 spiro atoms. The number of unbranched alkanes of at least 4 members (excludes halogenated alkanes) is 1. The fourth-order valence-corrected chi connectivity index (χ4v) is 6.47. The maximum atomic E-state index is 13.9. The van der Waals surface area contributed by atoms with Crippen molar-refractivity contribution in [3.8, 4) is 0 Å². The molecule has 0 aliphatic carbocycles. The second-order valence-electron chi connectivity index (χ2n) is 11.0. The molecule has 4 aromatic rings. The summed E-state index contributed by atoms with van der Waals surface area (Å²) in [5.74, 6) is -3.62. The number of rotatable bonds is 9. The Morgan fingerprint density at radius 1 is 0.927 bits per heavy atom. The van der Waals surface area contributed by atoms with E-state index in [9.17, 15) is 19.5 Å². The van der Waals surface area contributed by atoms with E-state index >= 15 is 0 Å². The highest BCUT2D eigenvalue weighted by molar-refractivity contribution is 6.09. The summed E-state index contributed by atoms with van der Waals surface area (Å²) in [5, 5.41) is 15.0. The van der Waals surface area contributed by atoms with Crippen molar-refractivity contribution in [2.45, 2.75) is 37.8 Å². The Balaban J connectivity index is 1.38. The average molecular weight is 548 g/mol. The minimum absolute atomic E-state index is 0.0720. The minimum atomic E-state index is -1.64. The van der Waals surface area contributed by atoms with Gasteiger partial charge in [-0.3, -0.25) is 24.6 Å². The largest absolute Gasteiger partial charge is 0.480 e. The lowest BCUT2D eigenvalue weighted by Gasteiger charge is -2.31. The van der Waals surface area contributed by atoms with Gasteiger partial charge in [0.15, 0.2) is 0 Å². The van der Waals surface area contributed by atoms with Crippen LogP contribution in [0.1, 0.15) is 48.1 Å². The zero-order valence-corrected chi connectivity index (χ0v) is 22.9. The zero-order valence-electron chi connectivity index (χ0n) is 22.9. The first kappa shape index (κ1) is 26.7. The van der Waals surface area contributed by atoms with Crippen LogP contribution in [0.15, 0.2) is 85.1 Å². The summed E-state index contributed by atoms with van der Waals surface area (Å²) in [7, 11) is 0. The molecule has 3 aromatic carbocycles. The first-order valence-electron chi connectivity index (χ1n) is 14.2. The maximum Gasteiger partial charge on any atom is 0.325 e. The van der Waals surface area contributed by atoms with E-state index in [0.29, 0.717) is 13.0 Å². The predicted octanol–water partition coefficient (Wildman–Crippen LogP) is 5.45. The van der Waals surface area contributed by atoms with Crippen molar-refractivity contribution in [2.24, 2.45) is 11.8 Å². The number of hydrogen-bond donors (Lipinski definition) is 3. The molecule has 208 valence electrons. The molecule has 6 rings (SSSR count). The van der Waals surface area contributed by atoms with E-state index in [4.69, 9.17) is 0 Å². The van der Waals surface area contributed by atoms with Gasteiger partial charge >= 0.3 is 5.97 Å². The predicted molar refractivity (Wildman–Crippen MR) is 159 cm³/mol. The van der Waals surface area contributed by atoms with E-state index in [1.165, 1.54) is 4.90 Å². The highest BCUT2D eigenvalue weighted by Gasteiger charge is 2.68. The number of carbonyl (C=O) groups excluding carboxylic acids is 2. The molecule has 2 fully saturated rings. The second kappa shape index (κ2) is 10.8. The number of aliphatic carboxylic acids is 1. The van der Waals surface area contributed by atoms with Crippen LogP contribution < -0.4 is 5.32 Å². The standard InChI is InChI=1S/C34H33N3O4/c1-2-3-19-37-31(38)28-29(32(37)39)34(33(40)41,20-25-21-35-27-12-8-7-11-26(25)27)36-30(28)24-17-15-23(16-18-24)14-13-22-9-5-4-6-10-22/h4-18,21,28-30,35-36H,2-3,19-20H2,1H3,(H,40,41)/b14-13+. The van der Waals surface area contributed by atoms with Crippen molar-refractivity contribution < 1.29 is 19.5 Å². The normalized spacial score (nSPS) is 24.0. The number of H-pyrrole nitrogens is 1. The third-order valence-electron chi connectivity index (χ3n) is 8.57. The quantitative estimate of drug-likeness (QED) is 0.191. The van der Waals surface area contributed by atoms with Gasteiger partial charge in [0.05, 0.1) is 11.8 Å². The fourth-order valence-electron chi connectivity index (χ4n) is 6.47. The van der Waals surface area contributed by atoms with Crippen LogP contribution >= 0.6 is 0 Å². The minimum Gasteiger partial charge on any atom is -0.480 e. The number of benzene rings is 3. The van der Waals surface area contributed by atoms with Crippen molar-refractivity contribution in [2.75, 3.05) is 6.54 Å². The molecule has 1 aromatic heterocycles. The van der Waals surface area contributed by atoms with Crippen LogP contribution in [0.3, 0.4) is 0 Å². The summed E-state index contributed by atoms with van der Waals surface area (Å²) >= 11 is 0. The molecule has 7 nitrogen and oxygen atoms in total. The van der Waals surface area contributed by atoms with E-state index in [1.54, 1.807) is 0 Å². The number of likely N-dealkylation sites (tertiary alicyclic amines) is 1. The lowest BCUT2D eigenvalue weighted by atomic mass is 9.76. The number of nitrogens with zero attached hydrogens (tertiary/aromatic N) is 1. The number of carbonyl (C=O) groups is 3. The van der Waals surface area contributed by atoms with Crippen LogP contribution in [-0.2, 0) is 20.8 Å². The van der Waals surface area contributed by atoms with Gasteiger partial charge in [-0.15, -0.1) is 0 Å². The summed E-state index contributed by atoms with van der Waals surface area (Å²) in [4.78, 5) is 45.4. The summed E-state index contributed by atoms with van der Waals surface area (Å²) in [5.41, 5.74) is 2.91. The molecule has 0 bridgehead atoms. The van der Waals surface area contributed by atoms with Gasteiger partial charge < -0.3 is 10.1 Å². The van der Waals surface area contributed by atoms with E-state index in [2.05, 4.69) is 10.3 Å². The van der Waals surface area contributed by atoms with Gasteiger partial charge in [-0.05, 0) is 34.7 Å². The Kier molecular flexibility index (Phi) is 7.05. The molecular formula is C34H33N3O4. The van der Waals surface area contributed by atoms with Crippen molar-refractivity contribution in [1.29, 1.82) is 0 Å². The molecule has 0 radical (unpaired) electrons. The summed E-state index contributed by atoms with van der Waals surface area (Å²) < 4.78 is 0. The molecule has 2 aliphatic rings. The van der Waals surface area contributed by atoms with E-state index in [1.807, 2.05) is 104 Å². The van der Waals surface area contributed by atoms with Crippen LogP contribution in [0, 0.1) is 11.8 Å². The summed E-state index contributed by atoms with van der Waals surface area (Å²) in [6.45, 7) is 2.31. The molecule has 3 N–H and O–H groups in total. The molecule has 0 saturated carbocycles. The van der Waals surface area contributed by atoms with Crippen LogP contribution in [0.5, 0.6) is 0 Å². The lowest BCUT2D eigenvalue weighted by Crippen LogP contribution is -2.57. The Morgan fingerprint density at radius 2 is 1.61 bits per heavy atom. The number of hydrogen-bond acceptors (Lipinski definition) is 4. The lowest BCUT2D eigenvalue weighted by molar-refractivity contribution is -0.151. The Labute approximate surface area is 238 Å². The number of amides is 2. The first-order chi connectivity index (χ1) is 19.9. The number of carboxylic acids is 1. The number of fused-ring (bicyclic) bond motifs is 2. The van der Waals surface area contributed by atoms with Gasteiger partial charge in [0.2, 0.25) is 11.8 Å². The number of nitrogens with one attached hydrogen (secondary N) is 2. The van der Waals surface area contributed by atoms with E-state index in [-0.39, 0.29) is 12.3 Å². The molecule has 7 heteroatoms. The van der Waals surface area contributed by atoms with Gasteiger partial charge in [-0.1, -0.05) is 98.3 Å². The number of imide groups is 1. The second-order valence-corrected chi connectivity index (χ2v) is 11.0. The smallest absolute Gasteiger partial charge is 0.325 e. The summed E-state index contributed by atoms with van der Waals surface area (Å²) in [6, 6.07) is 24.9. The van der Waals surface area contributed by atoms with Crippen molar-refractivity contribution in [3.63, 3.8) is 0 Å². The third kappa shape index (κ3) is 4.66. The van der Waals surface area contributed by atoms with Crippen LogP contribution in [0.25, 0.3) is 23.1 Å². The number of para-hydroxylation sites is 1. The fraction of sp³-hybridized carbons (Fsp3) is 0.265. The van der Waals surface area contributed by atoms with Gasteiger partial charge in [0.25, 0.3) is 0 Å². The number of aromatic amines is 1. The Hall–Kier alpha value is -4.49. The highest BCUT2D eigenvalue weighted by Crippen LogP contribution is 2.50. The Bertz CT molecular complexity index is 1620. The topological polar surface area (TPSA) is 102 Å². The van der Waals surface area contributed by atoms with Gasteiger partial charge in [-0.25, -0.2) is 0 Å². The molecule has 41 heavy (non-hydrogen) atoms. The molecule has 3 heterocycles. The highest BCUT2D eigenvalue weighted by atomic mass is 16.4. The molecular weight excluding hydrogens is 514 g/mol. The van der Waals surface area contributed by atoms with Crippen molar-refractivity contribution >= 4 is 40.8 Å². The third-order valence-corrected chi connectivity index (χ3v) is 8.57. The zero-order chi connectivity index (χ0) is 28.6. The first-order valence-corrected chi connectivity index (χ1v) is 14.2. The molecule has 4 unspecified atom stereocenters. The Morgan fingerprint density at radius 3 is 2.32 bits per heavy atom. The van der Waals surface area contributed by atoms with E-state index < -0.39 is 35.3 Å². The number of aromatic nitrogens is 1. The van der Waals surface area contributed by atoms with Gasteiger partial charge in [0.1, 0.15) is 5.54 Å². The van der Waals surface area contributed by atoms with E-state index in [0.717, 1.165) is 39.6 Å². The maximum absolute atomic E-state index is 13.9. The van der Waals surface area contributed by atoms with Crippen LogP contribution in [0.4, 0.5) is 0 Å². The molecule has 2 aliphatic heterocycles. The monoisotopic (exact) mass is 547 g/mol. The van der Waals surface area contributed by atoms with Gasteiger partial charge in [-0.2, -0.15) is 0 Å². The molecule has 4 atom stereocenters. The average Bonchev–Trinajstić information content (AvgIpc) is 3.64. The molecule has 2 saturated heterocycles. The SMILES string of the molecule is CCCCN1C(=O)C2C(c3ccc(/C=C/c4ccccc4)cc3)NC(Cc3c[nH]c4ccccc34)(C(=O)O)C2C1=O. The molecule has 2 amide bonds. The summed E-state index contributed by atoms with van der Waals surface area (Å²) in [6.07, 6.45) is 7.43. The van der Waals surface area contributed by atoms with Gasteiger partial charge in [0, 0.05) is 36.1 Å².